The van der Waals surface area contributed by atoms with Gasteiger partial charge >= 0.3 is 0 Å². The number of ether oxygens (including phenoxy) is 1. The van der Waals surface area contributed by atoms with Crippen molar-refractivity contribution in [2.45, 2.75) is 51.7 Å². The van der Waals surface area contributed by atoms with Gasteiger partial charge in [0.15, 0.2) is 0 Å². The number of nitrogens with zero attached hydrogens (tertiary/aromatic N) is 1. The maximum Gasteiger partial charge on any atom is 0.0897 e. The number of rotatable bonds is 11. The molecule has 4 nitrogen and oxygen atoms in total. The Morgan fingerprint density at radius 3 is 2.70 bits per heavy atom. The van der Waals surface area contributed by atoms with Crippen LogP contribution < -0.4 is 5.32 Å². The third-order valence-corrected chi connectivity index (χ3v) is 3.32. The Bertz CT molecular complexity index is 333. The molecule has 1 aromatic rings. The van der Waals surface area contributed by atoms with Crippen molar-refractivity contribution in [2.75, 3.05) is 19.8 Å². The monoisotopic (exact) mass is 280 g/mol. The Kier molecular flexibility index (Phi) is 9.20. The summed E-state index contributed by atoms with van der Waals surface area (Å²) in [5, 5.41) is 13.1. The van der Waals surface area contributed by atoms with Gasteiger partial charge in [-0.25, -0.2) is 0 Å². The van der Waals surface area contributed by atoms with Crippen molar-refractivity contribution < 1.29 is 9.84 Å². The number of aliphatic hydroxyl groups is 1. The van der Waals surface area contributed by atoms with Gasteiger partial charge in [-0.15, -0.1) is 0 Å². The van der Waals surface area contributed by atoms with Gasteiger partial charge in [-0.3, -0.25) is 4.98 Å². The molecule has 0 aromatic carbocycles. The first kappa shape index (κ1) is 17.1. The number of pyridine rings is 1. The zero-order valence-electron chi connectivity index (χ0n) is 12.7. The lowest BCUT2D eigenvalue weighted by atomic mass is 10.1. The summed E-state index contributed by atoms with van der Waals surface area (Å²) in [6, 6.07) is 4.17. The molecule has 0 saturated heterocycles. The van der Waals surface area contributed by atoms with Crippen molar-refractivity contribution in [3.8, 4) is 0 Å². The predicted octanol–water partition coefficient (Wildman–Crippen LogP) is 2.69. The van der Waals surface area contributed by atoms with Gasteiger partial charge in [0.05, 0.1) is 12.7 Å². The van der Waals surface area contributed by atoms with E-state index < -0.39 is 6.10 Å². The zero-order chi connectivity index (χ0) is 14.6. The van der Waals surface area contributed by atoms with E-state index in [9.17, 15) is 5.11 Å². The van der Waals surface area contributed by atoms with E-state index >= 15 is 0 Å². The first-order valence-corrected chi connectivity index (χ1v) is 7.63. The quantitative estimate of drug-likeness (QED) is 0.612. The van der Waals surface area contributed by atoms with E-state index in [0.29, 0.717) is 13.2 Å². The van der Waals surface area contributed by atoms with Crippen molar-refractivity contribution >= 4 is 0 Å². The summed E-state index contributed by atoms with van der Waals surface area (Å²) in [6.07, 6.45) is 7.90. The molecule has 0 aliphatic rings. The van der Waals surface area contributed by atoms with Crippen LogP contribution in [0.2, 0.25) is 0 Å². The summed E-state index contributed by atoms with van der Waals surface area (Å²) in [7, 11) is 0. The van der Waals surface area contributed by atoms with Crippen molar-refractivity contribution in [1.29, 1.82) is 0 Å². The van der Waals surface area contributed by atoms with Crippen LogP contribution in [0.1, 0.15) is 51.1 Å². The number of hydrogen-bond donors (Lipinski definition) is 2. The normalized spacial score (nSPS) is 14.2. The molecule has 0 aliphatic heterocycles. The third-order valence-electron chi connectivity index (χ3n) is 3.32. The second-order valence-electron chi connectivity index (χ2n) is 5.20. The third kappa shape index (κ3) is 7.58. The molecule has 0 aliphatic carbocycles. The first-order chi connectivity index (χ1) is 9.74. The minimum Gasteiger partial charge on any atom is -0.389 e. The van der Waals surface area contributed by atoms with Crippen LogP contribution in [0.15, 0.2) is 24.5 Å². The summed E-state index contributed by atoms with van der Waals surface area (Å²) < 4.78 is 5.48. The van der Waals surface area contributed by atoms with Crippen molar-refractivity contribution in [2.24, 2.45) is 0 Å². The van der Waals surface area contributed by atoms with Gasteiger partial charge in [0.2, 0.25) is 0 Å². The maximum atomic E-state index is 9.85. The molecule has 2 unspecified atom stereocenters. The average molecular weight is 280 g/mol. The lowest BCUT2D eigenvalue weighted by Crippen LogP contribution is -2.32. The Morgan fingerprint density at radius 2 is 2.00 bits per heavy atom. The Balaban J connectivity index is 2.06. The average Bonchev–Trinajstić information content (AvgIpc) is 2.49. The summed E-state index contributed by atoms with van der Waals surface area (Å²) in [4.78, 5) is 4.00. The summed E-state index contributed by atoms with van der Waals surface area (Å²) >= 11 is 0. The van der Waals surface area contributed by atoms with Gasteiger partial charge in [-0.2, -0.15) is 0 Å². The molecule has 0 bridgehead atoms. The highest BCUT2D eigenvalue weighted by Gasteiger charge is 2.08. The van der Waals surface area contributed by atoms with E-state index in [2.05, 4.69) is 24.1 Å². The van der Waals surface area contributed by atoms with Crippen LogP contribution in [0.5, 0.6) is 0 Å². The molecule has 4 heteroatoms. The Hall–Kier alpha value is -0.970. The highest BCUT2D eigenvalue weighted by atomic mass is 16.5. The fraction of sp³-hybridized carbons (Fsp3) is 0.688. The van der Waals surface area contributed by atoms with Gasteiger partial charge in [0.25, 0.3) is 0 Å². The molecule has 0 fully saturated rings. The topological polar surface area (TPSA) is 54.4 Å². The van der Waals surface area contributed by atoms with Crippen molar-refractivity contribution in [3.63, 3.8) is 0 Å². The SMILES string of the molecule is CCCCCCOCC(O)CNC(C)c1ccncc1. The summed E-state index contributed by atoms with van der Waals surface area (Å²) in [6.45, 7) is 5.96. The maximum absolute atomic E-state index is 9.85. The van der Waals surface area contributed by atoms with E-state index in [0.717, 1.165) is 13.0 Å². The number of aliphatic hydroxyl groups excluding tert-OH is 1. The number of aromatic nitrogens is 1. The predicted molar refractivity (Wildman–Crippen MR) is 81.6 cm³/mol. The van der Waals surface area contributed by atoms with Gasteiger partial charge in [-0.1, -0.05) is 26.2 Å². The molecular weight excluding hydrogens is 252 g/mol. The van der Waals surface area contributed by atoms with Gasteiger partial charge in [0.1, 0.15) is 0 Å². The van der Waals surface area contributed by atoms with E-state index in [1.807, 2.05) is 12.1 Å². The van der Waals surface area contributed by atoms with Gasteiger partial charge in [-0.05, 0) is 31.0 Å². The molecule has 20 heavy (non-hydrogen) atoms. The van der Waals surface area contributed by atoms with Crippen LogP contribution in [0.3, 0.4) is 0 Å². The largest absolute Gasteiger partial charge is 0.389 e. The summed E-state index contributed by atoms with van der Waals surface area (Å²) in [5.41, 5.74) is 1.17. The van der Waals surface area contributed by atoms with E-state index in [1.165, 1.54) is 24.8 Å². The minimum atomic E-state index is -0.453. The molecule has 1 aromatic heterocycles. The van der Waals surface area contributed by atoms with Crippen LogP contribution in [0.25, 0.3) is 0 Å². The first-order valence-electron chi connectivity index (χ1n) is 7.63. The zero-order valence-corrected chi connectivity index (χ0v) is 12.7. The highest BCUT2D eigenvalue weighted by molar-refractivity contribution is 5.13. The van der Waals surface area contributed by atoms with Crippen molar-refractivity contribution in [1.82, 2.24) is 10.3 Å². The van der Waals surface area contributed by atoms with Crippen LogP contribution in [-0.2, 0) is 4.74 Å². The second-order valence-corrected chi connectivity index (χ2v) is 5.20. The van der Waals surface area contributed by atoms with E-state index in [4.69, 9.17) is 4.74 Å². The van der Waals surface area contributed by atoms with Crippen LogP contribution in [0.4, 0.5) is 0 Å². The molecule has 0 radical (unpaired) electrons. The molecule has 0 saturated carbocycles. The molecule has 0 spiro atoms. The van der Waals surface area contributed by atoms with E-state index in [1.54, 1.807) is 12.4 Å². The highest BCUT2D eigenvalue weighted by Crippen LogP contribution is 2.09. The molecule has 114 valence electrons. The lowest BCUT2D eigenvalue weighted by molar-refractivity contribution is 0.0343. The fourth-order valence-corrected chi connectivity index (χ4v) is 1.99. The fourth-order valence-electron chi connectivity index (χ4n) is 1.99. The van der Waals surface area contributed by atoms with Crippen LogP contribution >= 0.6 is 0 Å². The second kappa shape index (κ2) is 10.8. The number of hydrogen-bond acceptors (Lipinski definition) is 4. The number of unbranched alkanes of at least 4 members (excludes halogenated alkanes) is 3. The Labute approximate surface area is 122 Å². The molecule has 2 atom stereocenters. The molecule has 0 amide bonds. The minimum absolute atomic E-state index is 0.206. The molecule has 2 N–H and O–H groups in total. The lowest BCUT2D eigenvalue weighted by Gasteiger charge is -2.17. The molecule has 1 rings (SSSR count). The van der Waals surface area contributed by atoms with Gasteiger partial charge in [0, 0.05) is 31.6 Å². The van der Waals surface area contributed by atoms with Gasteiger partial charge < -0.3 is 15.2 Å². The molecule has 1 heterocycles. The van der Waals surface area contributed by atoms with Crippen LogP contribution in [-0.4, -0.2) is 36.0 Å². The molecular formula is C16H28N2O2. The van der Waals surface area contributed by atoms with E-state index in [-0.39, 0.29) is 6.04 Å². The smallest absolute Gasteiger partial charge is 0.0897 e. The summed E-state index contributed by atoms with van der Waals surface area (Å²) in [5.74, 6) is 0. The van der Waals surface area contributed by atoms with Crippen molar-refractivity contribution in [3.05, 3.63) is 30.1 Å². The Morgan fingerprint density at radius 1 is 1.25 bits per heavy atom. The standard InChI is InChI=1S/C16H28N2O2/c1-3-4-5-6-11-20-13-16(19)12-18-14(2)15-7-9-17-10-8-15/h7-10,14,16,18-19H,3-6,11-13H2,1-2H3. The van der Waals surface area contributed by atoms with Crippen LogP contribution in [0, 0.1) is 0 Å². The number of nitrogens with one attached hydrogen (secondary N) is 1.